The molecular formula is C10H19NO4. The Bertz CT molecular complexity index is 217. The van der Waals surface area contributed by atoms with Gasteiger partial charge >= 0.3 is 0 Å². The zero-order chi connectivity index (χ0) is 11.3. The van der Waals surface area contributed by atoms with Gasteiger partial charge in [0.2, 0.25) is 5.91 Å². The first-order valence-electron chi connectivity index (χ1n) is 5.11. The standard InChI is InChI=1S/C10H19NO4/c1-10(2)14-7-8(15-10)6-11-9(12)4-5-13-3/h8H,4-7H2,1-3H3,(H,11,12). The van der Waals surface area contributed by atoms with E-state index in [0.29, 0.717) is 26.2 Å². The van der Waals surface area contributed by atoms with Crippen LogP contribution < -0.4 is 5.32 Å². The first kappa shape index (κ1) is 12.4. The number of nitrogens with one attached hydrogen (secondary N) is 1. The van der Waals surface area contributed by atoms with Crippen molar-refractivity contribution in [2.75, 3.05) is 26.9 Å². The molecule has 1 atom stereocenters. The Hall–Kier alpha value is -0.650. The topological polar surface area (TPSA) is 56.8 Å². The average molecular weight is 217 g/mol. The molecule has 1 amide bonds. The number of hydrogen-bond acceptors (Lipinski definition) is 4. The van der Waals surface area contributed by atoms with Crippen LogP contribution in [0.25, 0.3) is 0 Å². The second-order valence-corrected chi connectivity index (χ2v) is 4.00. The SMILES string of the molecule is COCCC(=O)NCC1COC(C)(C)O1. The van der Waals surface area contributed by atoms with Crippen molar-refractivity contribution in [3.05, 3.63) is 0 Å². The summed E-state index contributed by atoms with van der Waals surface area (Å²) < 4.78 is 15.7. The van der Waals surface area contributed by atoms with Crippen LogP contribution in [-0.2, 0) is 19.0 Å². The molecule has 1 heterocycles. The first-order chi connectivity index (χ1) is 7.03. The minimum absolute atomic E-state index is 0.0230. The Labute approximate surface area is 90.1 Å². The second-order valence-electron chi connectivity index (χ2n) is 4.00. The molecule has 0 aromatic carbocycles. The minimum Gasteiger partial charge on any atom is -0.384 e. The van der Waals surface area contributed by atoms with E-state index >= 15 is 0 Å². The van der Waals surface area contributed by atoms with Gasteiger partial charge in [-0.15, -0.1) is 0 Å². The molecule has 1 unspecified atom stereocenters. The fourth-order valence-corrected chi connectivity index (χ4v) is 1.37. The molecule has 1 saturated heterocycles. The summed E-state index contributed by atoms with van der Waals surface area (Å²) in [5, 5.41) is 2.77. The van der Waals surface area contributed by atoms with E-state index in [1.165, 1.54) is 0 Å². The number of amides is 1. The van der Waals surface area contributed by atoms with E-state index in [2.05, 4.69) is 5.32 Å². The summed E-state index contributed by atoms with van der Waals surface area (Å²) in [6, 6.07) is 0. The highest BCUT2D eigenvalue weighted by atomic mass is 16.7. The summed E-state index contributed by atoms with van der Waals surface area (Å²) in [5.41, 5.74) is 0. The molecule has 0 bridgehead atoms. The zero-order valence-electron chi connectivity index (χ0n) is 9.54. The number of carbonyl (C=O) groups is 1. The maximum Gasteiger partial charge on any atom is 0.222 e. The van der Waals surface area contributed by atoms with Crippen molar-refractivity contribution in [3.8, 4) is 0 Å². The lowest BCUT2D eigenvalue weighted by molar-refractivity contribution is -0.139. The molecular weight excluding hydrogens is 198 g/mol. The molecule has 1 rings (SSSR count). The van der Waals surface area contributed by atoms with Gasteiger partial charge in [-0.05, 0) is 13.8 Å². The number of rotatable bonds is 5. The van der Waals surface area contributed by atoms with Crippen molar-refractivity contribution in [3.63, 3.8) is 0 Å². The monoisotopic (exact) mass is 217 g/mol. The van der Waals surface area contributed by atoms with Crippen LogP contribution in [0.4, 0.5) is 0 Å². The fraction of sp³-hybridized carbons (Fsp3) is 0.900. The van der Waals surface area contributed by atoms with Gasteiger partial charge in [-0.3, -0.25) is 4.79 Å². The predicted molar refractivity (Wildman–Crippen MR) is 54.4 cm³/mol. The van der Waals surface area contributed by atoms with Gasteiger partial charge in [-0.25, -0.2) is 0 Å². The lowest BCUT2D eigenvalue weighted by Gasteiger charge is -2.17. The van der Waals surface area contributed by atoms with E-state index in [1.807, 2.05) is 13.8 Å². The first-order valence-corrected chi connectivity index (χ1v) is 5.11. The summed E-state index contributed by atoms with van der Waals surface area (Å²) in [7, 11) is 1.57. The highest BCUT2D eigenvalue weighted by Gasteiger charge is 2.32. The van der Waals surface area contributed by atoms with Crippen molar-refractivity contribution in [1.82, 2.24) is 5.32 Å². The van der Waals surface area contributed by atoms with Gasteiger partial charge < -0.3 is 19.5 Å². The van der Waals surface area contributed by atoms with Gasteiger partial charge in [-0.1, -0.05) is 0 Å². The fourth-order valence-electron chi connectivity index (χ4n) is 1.37. The van der Waals surface area contributed by atoms with E-state index in [9.17, 15) is 4.79 Å². The van der Waals surface area contributed by atoms with Gasteiger partial charge in [0.1, 0.15) is 6.10 Å². The highest BCUT2D eigenvalue weighted by Crippen LogP contribution is 2.21. The Kier molecular flexibility index (Phi) is 4.50. The molecule has 15 heavy (non-hydrogen) atoms. The largest absolute Gasteiger partial charge is 0.384 e. The third-order valence-electron chi connectivity index (χ3n) is 2.13. The maximum absolute atomic E-state index is 11.2. The van der Waals surface area contributed by atoms with Crippen LogP contribution in [0.3, 0.4) is 0 Å². The number of hydrogen-bond donors (Lipinski definition) is 1. The predicted octanol–water partition coefficient (Wildman–Crippen LogP) is 0.291. The summed E-state index contributed by atoms with van der Waals surface area (Å²) >= 11 is 0. The van der Waals surface area contributed by atoms with Gasteiger partial charge in [-0.2, -0.15) is 0 Å². The van der Waals surface area contributed by atoms with E-state index in [4.69, 9.17) is 14.2 Å². The molecule has 1 aliphatic rings. The van der Waals surface area contributed by atoms with Crippen LogP contribution in [0.15, 0.2) is 0 Å². The summed E-state index contributed by atoms with van der Waals surface area (Å²) in [4.78, 5) is 11.2. The van der Waals surface area contributed by atoms with Gasteiger partial charge in [0.25, 0.3) is 0 Å². The molecule has 0 saturated carbocycles. The second kappa shape index (κ2) is 5.44. The van der Waals surface area contributed by atoms with Gasteiger partial charge in [0, 0.05) is 20.1 Å². The third kappa shape index (κ3) is 4.59. The van der Waals surface area contributed by atoms with Gasteiger partial charge in [0.05, 0.1) is 13.2 Å². The molecule has 5 nitrogen and oxygen atoms in total. The Morgan fingerprint density at radius 2 is 2.33 bits per heavy atom. The molecule has 5 heteroatoms. The molecule has 0 spiro atoms. The van der Waals surface area contributed by atoms with Crippen LogP contribution in [0.2, 0.25) is 0 Å². The summed E-state index contributed by atoms with van der Waals surface area (Å²) in [6.45, 7) is 5.18. The minimum atomic E-state index is -0.526. The van der Waals surface area contributed by atoms with E-state index in [1.54, 1.807) is 7.11 Å². The van der Waals surface area contributed by atoms with E-state index < -0.39 is 5.79 Å². The lowest BCUT2D eigenvalue weighted by atomic mass is 10.3. The molecule has 0 aliphatic carbocycles. The number of carbonyl (C=O) groups excluding carboxylic acids is 1. The Balaban J connectivity index is 2.13. The van der Waals surface area contributed by atoms with Crippen LogP contribution in [0, 0.1) is 0 Å². The molecule has 0 aromatic heterocycles. The lowest BCUT2D eigenvalue weighted by Crippen LogP contribution is -2.34. The smallest absolute Gasteiger partial charge is 0.222 e. The van der Waals surface area contributed by atoms with Crippen molar-refractivity contribution in [2.24, 2.45) is 0 Å². The zero-order valence-corrected chi connectivity index (χ0v) is 9.54. The molecule has 1 fully saturated rings. The molecule has 88 valence electrons. The number of ether oxygens (including phenoxy) is 3. The third-order valence-corrected chi connectivity index (χ3v) is 2.13. The van der Waals surface area contributed by atoms with Gasteiger partial charge in [0.15, 0.2) is 5.79 Å². The van der Waals surface area contributed by atoms with Crippen LogP contribution in [0.1, 0.15) is 20.3 Å². The number of methoxy groups -OCH3 is 1. The van der Waals surface area contributed by atoms with Crippen LogP contribution >= 0.6 is 0 Å². The van der Waals surface area contributed by atoms with Crippen molar-refractivity contribution >= 4 is 5.91 Å². The van der Waals surface area contributed by atoms with E-state index in [-0.39, 0.29) is 12.0 Å². The van der Waals surface area contributed by atoms with Crippen LogP contribution in [0.5, 0.6) is 0 Å². The average Bonchev–Trinajstić information content (AvgIpc) is 2.52. The molecule has 1 aliphatic heterocycles. The summed E-state index contributed by atoms with van der Waals surface area (Å²) in [6.07, 6.45) is 0.333. The Morgan fingerprint density at radius 1 is 1.60 bits per heavy atom. The Morgan fingerprint density at radius 3 is 2.87 bits per heavy atom. The van der Waals surface area contributed by atoms with Crippen molar-refractivity contribution in [1.29, 1.82) is 0 Å². The highest BCUT2D eigenvalue weighted by molar-refractivity contribution is 5.75. The molecule has 0 aromatic rings. The maximum atomic E-state index is 11.2. The molecule has 0 radical (unpaired) electrons. The van der Waals surface area contributed by atoms with Crippen LogP contribution in [-0.4, -0.2) is 44.7 Å². The normalized spacial score (nSPS) is 24.1. The van der Waals surface area contributed by atoms with E-state index in [0.717, 1.165) is 0 Å². The summed E-state index contributed by atoms with van der Waals surface area (Å²) in [5.74, 6) is -0.549. The molecule has 1 N–H and O–H groups in total. The van der Waals surface area contributed by atoms with Crippen molar-refractivity contribution < 1.29 is 19.0 Å². The van der Waals surface area contributed by atoms with Crippen molar-refractivity contribution in [2.45, 2.75) is 32.2 Å². The quantitative estimate of drug-likeness (QED) is 0.719.